The van der Waals surface area contributed by atoms with Gasteiger partial charge in [-0.15, -0.1) is 0 Å². The molecule has 1 amide bonds. The molecule has 0 aromatic heterocycles. The highest BCUT2D eigenvalue weighted by Crippen LogP contribution is 2.56. The molecule has 176 valence electrons. The normalized spacial score (nSPS) is 14.8. The lowest BCUT2D eigenvalue weighted by Crippen LogP contribution is -2.49. The van der Waals surface area contributed by atoms with Crippen LogP contribution in [-0.2, 0) is 11.8 Å². The first-order valence-electron chi connectivity index (χ1n) is 8.32. The van der Waals surface area contributed by atoms with E-state index in [0.717, 1.165) is 25.1 Å². The first kappa shape index (κ1) is 25.7. The molecule has 0 aliphatic carbocycles. The van der Waals surface area contributed by atoms with Gasteiger partial charge in [0.1, 0.15) is 0 Å². The molecule has 0 fully saturated rings. The Bertz CT molecular complexity index is 1030. The summed E-state index contributed by atoms with van der Waals surface area (Å²) in [5.41, 5.74) is -12.9. The minimum Gasteiger partial charge on any atom is -0.396 e. The minimum absolute atomic E-state index is 0.0893. The fourth-order valence-electron chi connectivity index (χ4n) is 2.83. The average Bonchev–Trinajstić information content (AvgIpc) is 2.61. The van der Waals surface area contributed by atoms with Gasteiger partial charge in [-0.3, -0.25) is 4.79 Å². The summed E-state index contributed by atoms with van der Waals surface area (Å²) in [6.07, 6.45) is -11.8. The molecule has 0 heterocycles. The van der Waals surface area contributed by atoms with Crippen LogP contribution in [0.3, 0.4) is 0 Å². The maximum absolute atomic E-state index is 14.6. The van der Waals surface area contributed by atoms with Gasteiger partial charge in [0.25, 0.3) is 11.6 Å². The van der Waals surface area contributed by atoms with Gasteiger partial charge in [-0.05, 0) is 30.7 Å². The van der Waals surface area contributed by atoms with E-state index in [2.05, 4.69) is 0 Å². The number of halogens is 10. The summed E-state index contributed by atoms with van der Waals surface area (Å²) in [4.78, 5) is 12.3. The maximum Gasteiger partial charge on any atom is 0.433 e. The number of nitrogens with two attached hydrogens (primary N) is 1. The lowest BCUT2D eigenvalue weighted by atomic mass is 9.90. The summed E-state index contributed by atoms with van der Waals surface area (Å²) in [6, 6.07) is 2.63. The molecular weight excluding hydrogens is 481 g/mol. The third-order valence-electron chi connectivity index (χ3n) is 4.40. The first-order valence-corrected chi connectivity index (χ1v) is 8.90. The van der Waals surface area contributed by atoms with Crippen molar-refractivity contribution in [1.82, 2.24) is 0 Å². The quantitative estimate of drug-likeness (QED) is 0.303. The summed E-state index contributed by atoms with van der Waals surface area (Å²) in [5, 5.41) is 1.67. The van der Waals surface area contributed by atoms with Crippen molar-refractivity contribution in [3.63, 3.8) is 0 Å². The van der Waals surface area contributed by atoms with Crippen LogP contribution in [0.25, 0.3) is 0 Å². The smallest absolute Gasteiger partial charge is 0.396 e. The highest BCUT2D eigenvalue weighted by molar-refractivity contribution is 7.18. The van der Waals surface area contributed by atoms with Crippen molar-refractivity contribution < 1.29 is 48.7 Å². The van der Waals surface area contributed by atoms with E-state index < -0.39 is 75.1 Å². The van der Waals surface area contributed by atoms with Crippen LogP contribution in [0, 0.1) is 12.7 Å². The molecule has 0 saturated heterocycles. The number of nitrogen functional groups attached to an aromatic ring is 1. The number of rotatable bonds is 4. The van der Waals surface area contributed by atoms with E-state index in [-0.39, 0.29) is 6.07 Å². The van der Waals surface area contributed by atoms with Gasteiger partial charge in [0.15, 0.2) is 5.82 Å². The Kier molecular flexibility index (Phi) is 6.50. The van der Waals surface area contributed by atoms with Crippen molar-refractivity contribution in [2.75, 3.05) is 11.1 Å². The van der Waals surface area contributed by atoms with Crippen LogP contribution < -0.4 is 11.1 Å². The van der Waals surface area contributed by atoms with Gasteiger partial charge in [0.05, 0.1) is 22.5 Å². The van der Waals surface area contributed by atoms with Crippen molar-refractivity contribution in [2.45, 2.75) is 30.6 Å². The molecule has 0 spiro atoms. The zero-order valence-electron chi connectivity index (χ0n) is 15.7. The molecule has 3 nitrogen and oxygen atoms in total. The average molecular weight is 494 g/mol. The molecule has 0 aliphatic heterocycles. The monoisotopic (exact) mass is 494 g/mol. The van der Waals surface area contributed by atoms with Crippen molar-refractivity contribution in [3.8, 4) is 0 Å². The Hall–Kier alpha value is -2.56. The number of hydrogen-bond donors (Lipinski definition) is 2. The van der Waals surface area contributed by atoms with E-state index in [9.17, 15) is 48.7 Å². The highest BCUT2D eigenvalue weighted by atomic mass is 31.0. The molecule has 0 bridgehead atoms. The predicted octanol–water partition coefficient (Wildman–Crippen LogP) is 6.18. The molecule has 2 unspecified atom stereocenters. The third-order valence-corrected chi connectivity index (χ3v) is 4.80. The van der Waals surface area contributed by atoms with Crippen LogP contribution in [0.5, 0.6) is 0 Å². The van der Waals surface area contributed by atoms with E-state index in [1.54, 1.807) is 5.32 Å². The molecular formula is C18H13F10N2OP. The second kappa shape index (κ2) is 8.09. The van der Waals surface area contributed by atoms with Gasteiger partial charge in [0, 0.05) is 5.56 Å². The predicted molar refractivity (Wildman–Crippen MR) is 98.4 cm³/mol. The number of aryl methyl sites for hydroxylation is 1. The molecule has 0 aliphatic rings. The van der Waals surface area contributed by atoms with Crippen LogP contribution >= 0.6 is 9.24 Å². The fourth-order valence-corrected chi connectivity index (χ4v) is 3.16. The van der Waals surface area contributed by atoms with Gasteiger partial charge in [-0.25, -0.2) is 8.78 Å². The second-order valence-electron chi connectivity index (χ2n) is 6.66. The molecule has 0 saturated carbocycles. The number of amides is 1. The summed E-state index contributed by atoms with van der Waals surface area (Å²) in [6.45, 7) is 0.724. The zero-order valence-corrected chi connectivity index (χ0v) is 16.9. The Morgan fingerprint density at radius 2 is 1.56 bits per heavy atom. The van der Waals surface area contributed by atoms with Crippen molar-refractivity contribution in [2.24, 2.45) is 0 Å². The lowest BCUT2D eigenvalue weighted by molar-refractivity contribution is -0.284. The molecule has 0 radical (unpaired) electrons. The van der Waals surface area contributed by atoms with Crippen LogP contribution in [0.2, 0.25) is 0 Å². The number of anilines is 2. The third kappa shape index (κ3) is 4.48. The van der Waals surface area contributed by atoms with E-state index >= 15 is 0 Å². The number of hydrogen-bond acceptors (Lipinski definition) is 2. The van der Waals surface area contributed by atoms with Gasteiger partial charge in [-0.1, -0.05) is 21.4 Å². The molecule has 2 aromatic rings. The summed E-state index contributed by atoms with van der Waals surface area (Å²) in [5.74, 6) is -2.75. The van der Waals surface area contributed by atoms with E-state index in [1.165, 1.54) is 0 Å². The maximum atomic E-state index is 14.6. The number of nitrogens with one attached hydrogen (secondary N) is 1. The van der Waals surface area contributed by atoms with E-state index in [4.69, 9.17) is 5.73 Å². The van der Waals surface area contributed by atoms with Crippen LogP contribution in [0.4, 0.5) is 55.3 Å². The topological polar surface area (TPSA) is 55.1 Å². The highest BCUT2D eigenvalue weighted by Gasteiger charge is 2.70. The Morgan fingerprint density at radius 1 is 1.00 bits per heavy atom. The van der Waals surface area contributed by atoms with Crippen LogP contribution in [-0.4, -0.2) is 17.7 Å². The molecule has 2 atom stereocenters. The first-order chi connectivity index (χ1) is 14.3. The Morgan fingerprint density at radius 3 is 2.03 bits per heavy atom. The minimum atomic E-state index is -6.30. The molecule has 2 rings (SSSR count). The number of carbonyl (C=O) groups is 1. The number of alkyl halides is 9. The summed E-state index contributed by atoms with van der Waals surface area (Å²) >= 11 is 0. The largest absolute Gasteiger partial charge is 0.433 e. The van der Waals surface area contributed by atoms with E-state index in [0.29, 0.717) is 9.24 Å². The van der Waals surface area contributed by atoms with Crippen LogP contribution in [0.1, 0.15) is 27.0 Å². The zero-order chi connectivity index (χ0) is 24.9. The second-order valence-corrected chi connectivity index (χ2v) is 7.38. The van der Waals surface area contributed by atoms with Crippen molar-refractivity contribution in [3.05, 3.63) is 58.4 Å². The standard InChI is InChI=1S/C18H13F10N2OP/c1-7-5-8(15(20,17(24,25)26)18(27,28)32)6-10(16(21,22)23)13(7)30-14(31)9-3-2-4-11(29)12(9)19/h2-6H,29,32H2,1H3,(H,30,31). The summed E-state index contributed by atoms with van der Waals surface area (Å²) in [7, 11) is 0.315. The summed E-state index contributed by atoms with van der Waals surface area (Å²) < 4.78 is 136. The molecule has 14 heteroatoms. The van der Waals surface area contributed by atoms with Gasteiger partial charge in [0.2, 0.25) is 0 Å². The van der Waals surface area contributed by atoms with E-state index in [1.807, 2.05) is 0 Å². The van der Waals surface area contributed by atoms with Gasteiger partial charge in [-0.2, -0.15) is 35.1 Å². The van der Waals surface area contributed by atoms with Gasteiger partial charge < -0.3 is 11.1 Å². The Labute approximate surface area is 176 Å². The molecule has 2 aromatic carbocycles. The Balaban J connectivity index is 2.72. The molecule has 3 N–H and O–H groups in total. The van der Waals surface area contributed by atoms with Gasteiger partial charge >= 0.3 is 18.0 Å². The van der Waals surface area contributed by atoms with Crippen molar-refractivity contribution >= 4 is 26.5 Å². The molecule has 32 heavy (non-hydrogen) atoms. The van der Waals surface area contributed by atoms with Crippen LogP contribution in [0.15, 0.2) is 30.3 Å². The number of carbonyl (C=O) groups excluding carboxylic acids is 1. The van der Waals surface area contributed by atoms with Crippen molar-refractivity contribution in [1.29, 1.82) is 0 Å². The SMILES string of the molecule is Cc1cc(C(F)(C(F)(F)F)C(F)(F)P)cc(C(F)(F)F)c1NC(=O)c1cccc(N)c1F. The fraction of sp³-hybridized carbons (Fsp3) is 0.278. The number of benzene rings is 2. The lowest BCUT2D eigenvalue weighted by Gasteiger charge is -2.34.